The highest BCUT2D eigenvalue weighted by atomic mass is 32.1. The predicted octanol–water partition coefficient (Wildman–Crippen LogP) is 4.98. The number of rotatable bonds is 6. The third-order valence-corrected chi connectivity index (χ3v) is 6.70. The molecule has 3 aromatic rings. The zero-order valence-corrected chi connectivity index (χ0v) is 18.6. The number of halogens is 4. The summed E-state index contributed by atoms with van der Waals surface area (Å²) < 4.78 is 59.4. The minimum absolute atomic E-state index is 0.0657. The molecule has 3 heterocycles. The van der Waals surface area contributed by atoms with Gasteiger partial charge in [0.2, 0.25) is 5.91 Å². The number of alkyl halides is 4. The third-order valence-electron chi connectivity index (χ3n) is 5.49. The fourth-order valence-electron chi connectivity index (χ4n) is 4.08. The van der Waals surface area contributed by atoms with Crippen LogP contribution in [0.25, 0.3) is 11.0 Å². The highest BCUT2D eigenvalue weighted by Gasteiger charge is 2.28. The highest BCUT2D eigenvalue weighted by Crippen LogP contribution is 2.39. The number of nitrogens with one attached hydrogen (secondary N) is 1. The van der Waals surface area contributed by atoms with Crippen molar-refractivity contribution < 1.29 is 31.9 Å². The van der Waals surface area contributed by atoms with E-state index in [1.807, 2.05) is 0 Å². The van der Waals surface area contributed by atoms with E-state index in [-0.39, 0.29) is 16.7 Å². The van der Waals surface area contributed by atoms with Crippen LogP contribution in [0.4, 0.5) is 22.6 Å². The lowest BCUT2D eigenvalue weighted by Gasteiger charge is -2.12. The van der Waals surface area contributed by atoms with Gasteiger partial charge in [-0.2, -0.15) is 5.10 Å². The van der Waals surface area contributed by atoms with Gasteiger partial charge < -0.3 is 10.1 Å². The summed E-state index contributed by atoms with van der Waals surface area (Å²) in [5.41, 5.74) is -0.349. The van der Waals surface area contributed by atoms with E-state index in [1.165, 1.54) is 25.4 Å². The number of esters is 1. The molecule has 1 aliphatic carbocycles. The van der Waals surface area contributed by atoms with Crippen molar-refractivity contribution >= 4 is 39.2 Å². The number of amides is 1. The lowest BCUT2D eigenvalue weighted by Crippen LogP contribution is -2.21. The highest BCUT2D eigenvalue weighted by molar-refractivity contribution is 7.17. The van der Waals surface area contributed by atoms with E-state index in [9.17, 15) is 27.2 Å². The summed E-state index contributed by atoms with van der Waals surface area (Å²) in [6.07, 6.45) is -2.69. The van der Waals surface area contributed by atoms with Crippen LogP contribution < -0.4 is 5.32 Å². The fraction of sp³-hybridized carbons (Fsp3) is 0.429. The van der Waals surface area contributed by atoms with E-state index in [0.29, 0.717) is 23.1 Å². The molecule has 3 aromatic heterocycles. The minimum atomic E-state index is -3.07. The number of fused-ring (bicyclic) bond motifs is 2. The molecule has 7 nitrogen and oxygen atoms in total. The second kappa shape index (κ2) is 9.08. The summed E-state index contributed by atoms with van der Waals surface area (Å²) in [5, 5.41) is 7.02. The van der Waals surface area contributed by atoms with Crippen LogP contribution in [0.5, 0.6) is 0 Å². The van der Waals surface area contributed by atoms with Gasteiger partial charge in [-0.25, -0.2) is 32.0 Å². The number of pyridine rings is 1. The van der Waals surface area contributed by atoms with Crippen LogP contribution in [0.3, 0.4) is 0 Å². The molecule has 0 saturated carbocycles. The number of aryl methyl sites for hydroxylation is 2. The Morgan fingerprint density at radius 3 is 2.61 bits per heavy atom. The number of thiophene rings is 1. The zero-order chi connectivity index (χ0) is 23.9. The largest absolute Gasteiger partial charge is 0.465 e. The molecule has 0 unspecified atom stereocenters. The Bertz CT molecular complexity index is 1240. The molecule has 12 heteroatoms. The van der Waals surface area contributed by atoms with E-state index < -0.39 is 42.5 Å². The maximum Gasteiger partial charge on any atom is 0.341 e. The average molecular weight is 484 g/mol. The Labute approximate surface area is 189 Å². The average Bonchev–Trinajstić information content (AvgIpc) is 3.29. The number of ether oxygens (including phenoxy) is 1. The molecular formula is C21H20F4N4O3S. The first-order valence-corrected chi connectivity index (χ1v) is 11.0. The first kappa shape index (κ1) is 23.1. The third kappa shape index (κ3) is 4.31. The molecule has 0 aromatic carbocycles. The Kier molecular flexibility index (Phi) is 6.37. The van der Waals surface area contributed by atoms with E-state index in [4.69, 9.17) is 4.74 Å². The van der Waals surface area contributed by atoms with E-state index in [1.54, 1.807) is 0 Å². The van der Waals surface area contributed by atoms with Gasteiger partial charge in [-0.1, -0.05) is 0 Å². The van der Waals surface area contributed by atoms with Crippen LogP contribution in [0.1, 0.15) is 63.4 Å². The molecule has 4 rings (SSSR count). The molecule has 0 aliphatic heterocycles. The smallest absolute Gasteiger partial charge is 0.341 e. The van der Waals surface area contributed by atoms with Crippen molar-refractivity contribution in [2.45, 2.75) is 52.0 Å². The maximum atomic E-state index is 13.5. The van der Waals surface area contributed by atoms with Gasteiger partial charge in [-0.3, -0.25) is 4.79 Å². The first-order valence-electron chi connectivity index (χ1n) is 10.2. The van der Waals surface area contributed by atoms with Crippen LogP contribution in [-0.4, -0.2) is 33.8 Å². The molecule has 0 radical (unpaired) electrons. The quantitative estimate of drug-likeness (QED) is 0.394. The molecule has 0 saturated heterocycles. The van der Waals surface area contributed by atoms with Crippen molar-refractivity contribution in [3.05, 3.63) is 39.0 Å². The lowest BCUT2D eigenvalue weighted by atomic mass is 9.95. The molecule has 1 aliphatic rings. The lowest BCUT2D eigenvalue weighted by molar-refractivity contribution is -0.116. The Hall–Kier alpha value is -3.02. The van der Waals surface area contributed by atoms with Gasteiger partial charge in [0.15, 0.2) is 5.65 Å². The van der Waals surface area contributed by atoms with E-state index in [2.05, 4.69) is 15.4 Å². The van der Waals surface area contributed by atoms with Gasteiger partial charge in [0.05, 0.1) is 23.8 Å². The number of aromatic nitrogens is 3. The molecule has 0 spiro atoms. The van der Waals surface area contributed by atoms with Crippen molar-refractivity contribution in [2.75, 3.05) is 12.4 Å². The Morgan fingerprint density at radius 2 is 1.94 bits per heavy atom. The van der Waals surface area contributed by atoms with Gasteiger partial charge >= 0.3 is 5.97 Å². The molecule has 1 amide bonds. The van der Waals surface area contributed by atoms with E-state index in [0.717, 1.165) is 34.4 Å². The van der Waals surface area contributed by atoms with Crippen LogP contribution in [0, 0.1) is 6.92 Å². The number of hydrogen-bond acceptors (Lipinski definition) is 6. The van der Waals surface area contributed by atoms with Crippen LogP contribution in [0.2, 0.25) is 0 Å². The normalized spacial score (nSPS) is 13.6. The second-order valence-electron chi connectivity index (χ2n) is 7.63. The number of methoxy groups -OCH3 is 1. The number of nitrogens with zero attached hydrogens (tertiary/aromatic N) is 3. The number of carbonyl (C=O) groups excluding carboxylic acids is 2. The van der Waals surface area contributed by atoms with Crippen LogP contribution in [0.15, 0.2) is 6.07 Å². The van der Waals surface area contributed by atoms with Gasteiger partial charge in [-0.05, 0) is 44.2 Å². The SMILES string of the molecule is COC(=O)c1c(NC(=O)Cn2nc(C)c3c(C(F)F)cc(C(F)F)nc32)sc2c1CCCC2. The summed E-state index contributed by atoms with van der Waals surface area (Å²) in [6, 6.07) is 0.662. The van der Waals surface area contributed by atoms with Crippen LogP contribution >= 0.6 is 11.3 Å². The predicted molar refractivity (Wildman–Crippen MR) is 113 cm³/mol. The molecule has 0 bridgehead atoms. The van der Waals surface area contributed by atoms with Crippen LogP contribution in [-0.2, 0) is 28.9 Å². The number of anilines is 1. The second-order valence-corrected chi connectivity index (χ2v) is 8.74. The molecule has 176 valence electrons. The van der Waals surface area contributed by atoms with E-state index >= 15 is 0 Å². The Morgan fingerprint density at radius 1 is 1.21 bits per heavy atom. The molecule has 1 N–H and O–H groups in total. The van der Waals surface area contributed by atoms with Gasteiger partial charge in [0.25, 0.3) is 12.9 Å². The number of carbonyl (C=O) groups is 2. The van der Waals surface area contributed by atoms with Crippen molar-refractivity contribution in [2.24, 2.45) is 0 Å². The minimum Gasteiger partial charge on any atom is -0.465 e. The van der Waals surface area contributed by atoms with Crippen molar-refractivity contribution in [3.8, 4) is 0 Å². The topological polar surface area (TPSA) is 86.1 Å². The zero-order valence-electron chi connectivity index (χ0n) is 17.8. The molecule has 0 fully saturated rings. The first-order chi connectivity index (χ1) is 15.7. The summed E-state index contributed by atoms with van der Waals surface area (Å²) in [4.78, 5) is 29.9. The molecular weight excluding hydrogens is 464 g/mol. The molecule has 0 atom stereocenters. The van der Waals surface area contributed by atoms with Crippen molar-refractivity contribution in [1.82, 2.24) is 14.8 Å². The summed E-state index contributed by atoms with van der Waals surface area (Å²) >= 11 is 1.29. The van der Waals surface area contributed by atoms with Crippen molar-refractivity contribution in [3.63, 3.8) is 0 Å². The Balaban J connectivity index is 1.68. The molecule has 33 heavy (non-hydrogen) atoms. The fourth-order valence-corrected chi connectivity index (χ4v) is 5.37. The number of hydrogen-bond donors (Lipinski definition) is 1. The standard InChI is InChI=1S/C21H20F4N4O3S/c1-9-15-11(17(22)23)7-12(18(24)25)26-19(15)29(28-9)8-14(30)27-20-16(21(31)32-2)10-5-3-4-6-13(10)33-20/h7,17-18H,3-6,8H2,1-2H3,(H,27,30). The van der Waals surface area contributed by atoms with Gasteiger partial charge in [-0.15, -0.1) is 11.3 Å². The van der Waals surface area contributed by atoms with Gasteiger partial charge in [0.1, 0.15) is 17.2 Å². The summed E-state index contributed by atoms with van der Waals surface area (Å²) in [6.45, 7) is 0.977. The summed E-state index contributed by atoms with van der Waals surface area (Å²) in [7, 11) is 1.26. The van der Waals surface area contributed by atoms with Crippen molar-refractivity contribution in [1.29, 1.82) is 0 Å². The maximum absolute atomic E-state index is 13.5. The summed E-state index contributed by atoms with van der Waals surface area (Å²) in [5.74, 6) is -1.17. The van der Waals surface area contributed by atoms with Gasteiger partial charge in [0, 0.05) is 10.4 Å². The monoisotopic (exact) mass is 484 g/mol.